The maximum atomic E-state index is 9.83. The van der Waals surface area contributed by atoms with Crippen LogP contribution in [0, 0.1) is 12.3 Å². The third-order valence-electron chi connectivity index (χ3n) is 3.32. The van der Waals surface area contributed by atoms with Crippen molar-refractivity contribution >= 4 is 0 Å². The molecule has 0 unspecified atom stereocenters. The molecule has 1 aromatic carbocycles. The van der Waals surface area contributed by atoms with Gasteiger partial charge in [-0.1, -0.05) is 43.2 Å². The van der Waals surface area contributed by atoms with Crippen molar-refractivity contribution in [2.24, 2.45) is 5.92 Å². The Balaban J connectivity index is 1.82. The summed E-state index contributed by atoms with van der Waals surface area (Å²) >= 11 is 0. The van der Waals surface area contributed by atoms with Crippen molar-refractivity contribution in [3.05, 3.63) is 42.3 Å². The molecule has 2 rings (SSSR count). The summed E-state index contributed by atoms with van der Waals surface area (Å²) in [6.45, 7) is 0. The summed E-state index contributed by atoms with van der Waals surface area (Å²) in [5.74, 6) is 0.485. The molecule has 0 bridgehead atoms. The number of hydrogen-bond acceptors (Lipinski definition) is 1. The fourth-order valence-corrected chi connectivity index (χ4v) is 2.34. The molecule has 0 spiro atoms. The smallest absolute Gasteiger partial charge is 0.0568 e. The molecule has 1 N–H and O–H groups in total. The molecule has 0 saturated heterocycles. The van der Waals surface area contributed by atoms with E-state index in [0.29, 0.717) is 5.92 Å². The maximum absolute atomic E-state index is 9.83. The highest BCUT2D eigenvalue weighted by Crippen LogP contribution is 2.28. The normalized spacial score (nSPS) is 26.5. The minimum atomic E-state index is -0.0706. The van der Waals surface area contributed by atoms with Gasteiger partial charge in [0.25, 0.3) is 0 Å². The fourth-order valence-electron chi connectivity index (χ4n) is 2.34. The van der Waals surface area contributed by atoms with Crippen LogP contribution in [-0.4, -0.2) is 11.2 Å². The Morgan fingerprint density at radius 1 is 1.13 bits per heavy atom. The van der Waals surface area contributed by atoms with Gasteiger partial charge in [-0.3, -0.25) is 0 Å². The second-order valence-corrected chi connectivity index (χ2v) is 4.46. The van der Waals surface area contributed by atoms with Crippen LogP contribution in [-0.2, 0) is 0 Å². The minimum absolute atomic E-state index is 0.0706. The van der Waals surface area contributed by atoms with Crippen LogP contribution >= 0.6 is 0 Å². The first-order chi connectivity index (χ1) is 7.36. The number of aliphatic hydroxyl groups is 1. The average molecular weight is 203 g/mol. The molecule has 0 aromatic heterocycles. The Morgan fingerprint density at radius 3 is 2.60 bits per heavy atom. The standard InChI is InChI=1S/C14H19O/c15-14-9-5-4-8-13(14)11-10-12-6-2-1-3-7-12/h1-3,6-7,10,13-15H,4-5,8-9,11H2/t13-,14+/m0/s1. The molecule has 0 amide bonds. The van der Waals surface area contributed by atoms with E-state index >= 15 is 0 Å². The average Bonchev–Trinajstić information content (AvgIpc) is 2.29. The van der Waals surface area contributed by atoms with Crippen molar-refractivity contribution in [2.45, 2.75) is 38.2 Å². The molecule has 0 aliphatic heterocycles. The molecule has 1 aromatic rings. The Bertz CT molecular complexity index is 281. The van der Waals surface area contributed by atoms with E-state index in [1.165, 1.54) is 24.8 Å². The number of benzene rings is 1. The van der Waals surface area contributed by atoms with Crippen LogP contribution in [0.5, 0.6) is 0 Å². The van der Waals surface area contributed by atoms with E-state index in [-0.39, 0.29) is 6.10 Å². The van der Waals surface area contributed by atoms with Crippen LogP contribution < -0.4 is 0 Å². The fraction of sp³-hybridized carbons (Fsp3) is 0.500. The first-order valence-electron chi connectivity index (χ1n) is 5.92. The number of hydrogen-bond donors (Lipinski definition) is 1. The van der Waals surface area contributed by atoms with Gasteiger partial charge in [-0.2, -0.15) is 0 Å². The first-order valence-corrected chi connectivity index (χ1v) is 5.92. The van der Waals surface area contributed by atoms with Crippen LogP contribution in [0.2, 0.25) is 0 Å². The lowest BCUT2D eigenvalue weighted by Crippen LogP contribution is -2.24. The van der Waals surface area contributed by atoms with Gasteiger partial charge in [0.1, 0.15) is 0 Å². The van der Waals surface area contributed by atoms with E-state index < -0.39 is 0 Å². The van der Waals surface area contributed by atoms with Gasteiger partial charge in [-0.15, -0.1) is 0 Å². The van der Waals surface area contributed by atoms with Gasteiger partial charge in [0.2, 0.25) is 0 Å². The largest absolute Gasteiger partial charge is 0.393 e. The van der Waals surface area contributed by atoms with Gasteiger partial charge in [0, 0.05) is 0 Å². The van der Waals surface area contributed by atoms with Gasteiger partial charge in [0.05, 0.1) is 6.10 Å². The SMILES string of the molecule is O[C@@H]1CCCC[C@H]1C[CH]c1ccccc1. The molecule has 1 aliphatic carbocycles. The summed E-state index contributed by atoms with van der Waals surface area (Å²) in [5, 5.41) is 9.83. The lowest BCUT2D eigenvalue weighted by atomic mass is 9.83. The predicted molar refractivity (Wildman–Crippen MR) is 62.4 cm³/mol. The van der Waals surface area contributed by atoms with Gasteiger partial charge in [-0.25, -0.2) is 0 Å². The van der Waals surface area contributed by atoms with E-state index in [1.54, 1.807) is 0 Å². The lowest BCUT2D eigenvalue weighted by molar-refractivity contribution is 0.0699. The highest BCUT2D eigenvalue weighted by Gasteiger charge is 2.22. The zero-order valence-corrected chi connectivity index (χ0v) is 9.10. The van der Waals surface area contributed by atoms with Crippen LogP contribution in [0.25, 0.3) is 0 Å². The molecule has 15 heavy (non-hydrogen) atoms. The van der Waals surface area contributed by atoms with Gasteiger partial charge in [-0.05, 0) is 37.2 Å². The molecule has 2 atom stereocenters. The van der Waals surface area contributed by atoms with Crippen molar-refractivity contribution < 1.29 is 5.11 Å². The molecular weight excluding hydrogens is 184 g/mol. The topological polar surface area (TPSA) is 20.2 Å². The molecule has 1 radical (unpaired) electrons. The van der Waals surface area contributed by atoms with Crippen molar-refractivity contribution in [3.63, 3.8) is 0 Å². The summed E-state index contributed by atoms with van der Waals surface area (Å²) in [4.78, 5) is 0. The third kappa shape index (κ3) is 3.07. The monoisotopic (exact) mass is 203 g/mol. The second-order valence-electron chi connectivity index (χ2n) is 4.46. The zero-order chi connectivity index (χ0) is 10.5. The Labute approximate surface area is 92.1 Å². The van der Waals surface area contributed by atoms with Crippen molar-refractivity contribution in [2.75, 3.05) is 0 Å². The van der Waals surface area contributed by atoms with E-state index in [2.05, 4.69) is 30.7 Å². The molecule has 1 fully saturated rings. The summed E-state index contributed by atoms with van der Waals surface area (Å²) in [7, 11) is 0. The molecule has 1 heteroatoms. The zero-order valence-electron chi connectivity index (χ0n) is 9.10. The number of rotatable bonds is 3. The van der Waals surface area contributed by atoms with Crippen molar-refractivity contribution in [1.29, 1.82) is 0 Å². The predicted octanol–water partition coefficient (Wildman–Crippen LogP) is 3.18. The van der Waals surface area contributed by atoms with Crippen molar-refractivity contribution in [1.82, 2.24) is 0 Å². The first kappa shape index (κ1) is 10.7. The summed E-state index contributed by atoms with van der Waals surface area (Å²) in [6.07, 6.45) is 7.86. The van der Waals surface area contributed by atoms with Crippen LogP contribution in [0.1, 0.15) is 37.7 Å². The second kappa shape index (κ2) is 5.32. The molecule has 1 aliphatic rings. The quantitative estimate of drug-likeness (QED) is 0.800. The van der Waals surface area contributed by atoms with Crippen LogP contribution in [0.3, 0.4) is 0 Å². The Morgan fingerprint density at radius 2 is 1.87 bits per heavy atom. The molecular formula is C14H19O. The summed E-state index contributed by atoms with van der Waals surface area (Å²) in [6, 6.07) is 10.4. The highest BCUT2D eigenvalue weighted by atomic mass is 16.3. The third-order valence-corrected chi connectivity index (χ3v) is 3.32. The van der Waals surface area contributed by atoms with E-state index in [4.69, 9.17) is 0 Å². The molecule has 0 heterocycles. The van der Waals surface area contributed by atoms with E-state index in [1.807, 2.05) is 6.07 Å². The highest BCUT2D eigenvalue weighted by molar-refractivity contribution is 5.22. The maximum Gasteiger partial charge on any atom is 0.0568 e. The van der Waals surface area contributed by atoms with Crippen LogP contribution in [0.15, 0.2) is 30.3 Å². The van der Waals surface area contributed by atoms with E-state index in [9.17, 15) is 5.11 Å². The van der Waals surface area contributed by atoms with E-state index in [0.717, 1.165) is 12.8 Å². The lowest BCUT2D eigenvalue weighted by Gasteiger charge is -2.27. The Hall–Kier alpha value is -0.820. The van der Waals surface area contributed by atoms with Crippen molar-refractivity contribution in [3.8, 4) is 0 Å². The number of aliphatic hydroxyl groups excluding tert-OH is 1. The van der Waals surface area contributed by atoms with Gasteiger partial charge >= 0.3 is 0 Å². The summed E-state index contributed by atoms with van der Waals surface area (Å²) in [5.41, 5.74) is 1.27. The Kier molecular flexibility index (Phi) is 3.79. The molecule has 1 saturated carbocycles. The molecule has 81 valence electrons. The summed E-state index contributed by atoms with van der Waals surface area (Å²) < 4.78 is 0. The van der Waals surface area contributed by atoms with Gasteiger partial charge < -0.3 is 5.11 Å². The molecule has 1 nitrogen and oxygen atoms in total. The van der Waals surface area contributed by atoms with Crippen LogP contribution in [0.4, 0.5) is 0 Å². The minimum Gasteiger partial charge on any atom is -0.393 e. The van der Waals surface area contributed by atoms with Gasteiger partial charge in [0.15, 0.2) is 0 Å².